The fraction of sp³-hybridized carbons (Fsp3) is 0.105. The van der Waals surface area contributed by atoms with E-state index in [1.54, 1.807) is 0 Å². The van der Waals surface area contributed by atoms with E-state index in [-0.39, 0.29) is 11.4 Å². The summed E-state index contributed by atoms with van der Waals surface area (Å²) >= 11 is 1.28. The molecule has 1 N–H and O–H groups in total. The second kappa shape index (κ2) is 8.05. The number of hydrogen-bond donors (Lipinski definition) is 1. The van der Waals surface area contributed by atoms with Crippen LogP contribution in [0.3, 0.4) is 0 Å². The smallest absolute Gasteiger partial charge is 0.358 e. The van der Waals surface area contributed by atoms with Gasteiger partial charge in [0.2, 0.25) is 0 Å². The monoisotopic (exact) mass is 388 g/mol. The molecule has 1 aromatic heterocycles. The maximum absolute atomic E-state index is 13.5. The number of benzene rings is 2. The number of amides is 1. The number of ether oxygens (including phenoxy) is 1. The second-order valence-electron chi connectivity index (χ2n) is 5.65. The number of anilines is 1. The first-order valence-corrected chi connectivity index (χ1v) is 8.75. The molecule has 0 radical (unpaired) electrons. The molecule has 3 aromatic rings. The van der Waals surface area contributed by atoms with E-state index >= 15 is 0 Å². The molecule has 0 saturated heterocycles. The lowest BCUT2D eigenvalue weighted by Gasteiger charge is -2.06. The number of nitrogens with one attached hydrogen (secondary N) is 1. The van der Waals surface area contributed by atoms with Crippen LogP contribution in [0.25, 0.3) is 10.6 Å². The van der Waals surface area contributed by atoms with Crippen LogP contribution in [0.1, 0.15) is 16.1 Å². The Morgan fingerprint density at radius 2 is 1.89 bits per heavy atom. The third kappa shape index (κ3) is 4.73. The quantitative estimate of drug-likeness (QED) is 0.666. The van der Waals surface area contributed by atoms with E-state index in [1.165, 1.54) is 16.7 Å². The summed E-state index contributed by atoms with van der Waals surface area (Å²) in [4.78, 5) is 28.0. The van der Waals surface area contributed by atoms with Gasteiger partial charge in [-0.3, -0.25) is 4.79 Å². The Labute approximate surface area is 157 Å². The van der Waals surface area contributed by atoms with Crippen molar-refractivity contribution < 1.29 is 23.1 Å². The largest absolute Gasteiger partial charge is 0.451 e. The van der Waals surface area contributed by atoms with E-state index in [4.69, 9.17) is 4.74 Å². The molecule has 0 atom stereocenters. The average Bonchev–Trinajstić information content (AvgIpc) is 3.13. The average molecular weight is 388 g/mol. The summed E-state index contributed by atoms with van der Waals surface area (Å²) in [6.45, 7) is 1.35. The van der Waals surface area contributed by atoms with E-state index < -0.39 is 30.1 Å². The van der Waals surface area contributed by atoms with Crippen molar-refractivity contribution in [3.63, 3.8) is 0 Å². The Morgan fingerprint density at radius 1 is 1.15 bits per heavy atom. The molecule has 3 rings (SSSR count). The summed E-state index contributed by atoms with van der Waals surface area (Å²) < 4.78 is 31.2. The first kappa shape index (κ1) is 18.7. The number of carbonyl (C=O) groups excluding carboxylic acids is 2. The number of halogens is 2. The summed E-state index contributed by atoms with van der Waals surface area (Å²) in [5.41, 5.74) is 1.86. The number of hydrogen-bond acceptors (Lipinski definition) is 5. The van der Waals surface area contributed by atoms with Crippen LogP contribution in [0.5, 0.6) is 0 Å². The number of carbonyl (C=O) groups is 2. The number of nitrogens with zero attached hydrogens (tertiary/aromatic N) is 1. The number of thiazole rings is 1. The molecule has 0 unspecified atom stereocenters. The van der Waals surface area contributed by atoms with Crippen molar-refractivity contribution in [3.8, 4) is 10.6 Å². The van der Waals surface area contributed by atoms with Crippen molar-refractivity contribution in [3.05, 3.63) is 70.7 Å². The minimum Gasteiger partial charge on any atom is -0.451 e. The van der Waals surface area contributed by atoms with Crippen molar-refractivity contribution >= 4 is 28.9 Å². The van der Waals surface area contributed by atoms with Crippen molar-refractivity contribution in [1.82, 2.24) is 4.98 Å². The van der Waals surface area contributed by atoms with Crippen LogP contribution in [-0.4, -0.2) is 23.5 Å². The standard InChI is InChI=1S/C19H14F2N2O3S/c1-11-2-4-12(5-3-11)18-23-16(10-27-18)19(25)26-9-17(24)22-15-7-6-13(20)8-14(15)21/h2-8,10H,9H2,1H3,(H,22,24). The summed E-state index contributed by atoms with van der Waals surface area (Å²) in [5.74, 6) is -3.19. The molecule has 0 aliphatic carbocycles. The summed E-state index contributed by atoms with van der Waals surface area (Å²) in [6, 6.07) is 10.4. The van der Waals surface area contributed by atoms with Crippen molar-refractivity contribution in [2.75, 3.05) is 11.9 Å². The van der Waals surface area contributed by atoms with Crippen LogP contribution in [0.4, 0.5) is 14.5 Å². The third-order valence-corrected chi connectivity index (χ3v) is 4.44. The van der Waals surface area contributed by atoms with E-state index in [0.717, 1.165) is 23.3 Å². The highest BCUT2D eigenvalue weighted by Gasteiger charge is 2.16. The molecule has 0 saturated carbocycles. The first-order valence-electron chi connectivity index (χ1n) is 7.87. The van der Waals surface area contributed by atoms with Crippen LogP contribution < -0.4 is 5.32 Å². The van der Waals surface area contributed by atoms with Crippen LogP contribution in [0.2, 0.25) is 0 Å². The van der Waals surface area contributed by atoms with Gasteiger partial charge in [-0.25, -0.2) is 18.6 Å². The summed E-state index contributed by atoms with van der Waals surface area (Å²) in [5, 5.41) is 4.39. The molecule has 1 heterocycles. The summed E-state index contributed by atoms with van der Waals surface area (Å²) in [6.07, 6.45) is 0. The Hall–Kier alpha value is -3.13. The highest BCUT2D eigenvalue weighted by molar-refractivity contribution is 7.13. The molecule has 0 fully saturated rings. The molecule has 0 spiro atoms. The van der Waals surface area contributed by atoms with Gasteiger partial charge in [-0.15, -0.1) is 11.3 Å². The molecule has 1 amide bonds. The lowest BCUT2D eigenvalue weighted by molar-refractivity contribution is -0.119. The zero-order chi connectivity index (χ0) is 19.4. The van der Waals surface area contributed by atoms with E-state index in [9.17, 15) is 18.4 Å². The minimum absolute atomic E-state index is 0.0799. The van der Waals surface area contributed by atoms with Gasteiger partial charge in [0.25, 0.3) is 5.91 Å². The Bertz CT molecular complexity index is 987. The second-order valence-corrected chi connectivity index (χ2v) is 6.51. The fourth-order valence-electron chi connectivity index (χ4n) is 2.18. The molecule has 138 valence electrons. The lowest BCUT2D eigenvalue weighted by atomic mass is 10.2. The molecule has 27 heavy (non-hydrogen) atoms. The maximum atomic E-state index is 13.5. The first-order chi connectivity index (χ1) is 12.9. The minimum atomic E-state index is -0.920. The molecule has 0 aliphatic rings. The van der Waals surface area contributed by atoms with Crippen LogP contribution in [0.15, 0.2) is 47.8 Å². The zero-order valence-electron chi connectivity index (χ0n) is 14.2. The molecule has 0 bridgehead atoms. The number of rotatable bonds is 5. The van der Waals surface area contributed by atoms with Crippen molar-refractivity contribution in [1.29, 1.82) is 0 Å². The lowest BCUT2D eigenvalue weighted by Crippen LogP contribution is -2.21. The topological polar surface area (TPSA) is 68.3 Å². The molecule has 2 aromatic carbocycles. The maximum Gasteiger partial charge on any atom is 0.358 e. The normalized spacial score (nSPS) is 10.5. The van der Waals surface area contributed by atoms with Crippen LogP contribution >= 0.6 is 11.3 Å². The Kier molecular flexibility index (Phi) is 5.56. The van der Waals surface area contributed by atoms with Gasteiger partial charge in [-0.05, 0) is 19.1 Å². The highest BCUT2D eigenvalue weighted by atomic mass is 32.1. The van der Waals surface area contributed by atoms with Gasteiger partial charge in [0.15, 0.2) is 12.3 Å². The molecule has 0 aliphatic heterocycles. The fourth-order valence-corrected chi connectivity index (χ4v) is 2.97. The Morgan fingerprint density at radius 3 is 2.59 bits per heavy atom. The molecular weight excluding hydrogens is 374 g/mol. The van der Waals surface area contributed by atoms with Crippen molar-refractivity contribution in [2.45, 2.75) is 6.92 Å². The molecule has 5 nitrogen and oxygen atoms in total. The van der Waals surface area contributed by atoms with Crippen LogP contribution in [-0.2, 0) is 9.53 Å². The molecule has 8 heteroatoms. The van der Waals surface area contributed by atoms with Gasteiger partial charge in [0.05, 0.1) is 5.69 Å². The number of aryl methyl sites for hydroxylation is 1. The van der Waals surface area contributed by atoms with E-state index in [2.05, 4.69) is 10.3 Å². The van der Waals surface area contributed by atoms with Gasteiger partial charge < -0.3 is 10.1 Å². The van der Waals surface area contributed by atoms with Crippen LogP contribution in [0, 0.1) is 18.6 Å². The van der Waals surface area contributed by atoms with E-state index in [0.29, 0.717) is 11.1 Å². The number of esters is 1. The predicted octanol–water partition coefficient (Wildman–Crippen LogP) is 4.19. The zero-order valence-corrected chi connectivity index (χ0v) is 15.0. The summed E-state index contributed by atoms with van der Waals surface area (Å²) in [7, 11) is 0. The van der Waals surface area contributed by atoms with Gasteiger partial charge in [-0.2, -0.15) is 0 Å². The van der Waals surface area contributed by atoms with E-state index in [1.807, 2.05) is 31.2 Å². The SMILES string of the molecule is Cc1ccc(-c2nc(C(=O)OCC(=O)Nc3ccc(F)cc3F)cs2)cc1. The van der Waals surface area contributed by atoms with Gasteiger partial charge >= 0.3 is 5.97 Å². The van der Waals surface area contributed by atoms with Gasteiger partial charge in [0, 0.05) is 17.0 Å². The predicted molar refractivity (Wildman–Crippen MR) is 97.6 cm³/mol. The van der Waals surface area contributed by atoms with Gasteiger partial charge in [0.1, 0.15) is 16.6 Å². The highest BCUT2D eigenvalue weighted by Crippen LogP contribution is 2.24. The number of aromatic nitrogens is 1. The van der Waals surface area contributed by atoms with Crippen molar-refractivity contribution in [2.24, 2.45) is 0 Å². The van der Waals surface area contributed by atoms with Gasteiger partial charge in [-0.1, -0.05) is 29.8 Å². The molecular formula is C19H14F2N2O3S. The Balaban J connectivity index is 1.57. The third-order valence-electron chi connectivity index (χ3n) is 3.55.